The molecular weight excluding hydrogens is 393 g/mol. The van der Waals surface area contributed by atoms with Gasteiger partial charge in [-0.3, -0.25) is 4.79 Å². The summed E-state index contributed by atoms with van der Waals surface area (Å²) >= 11 is 1.28. The number of benzene rings is 2. The molecule has 29 heavy (non-hydrogen) atoms. The first-order valence-corrected chi connectivity index (χ1v) is 9.73. The summed E-state index contributed by atoms with van der Waals surface area (Å²) in [6.45, 7) is 1.83. The monoisotopic (exact) mass is 413 g/mol. The summed E-state index contributed by atoms with van der Waals surface area (Å²) in [7, 11) is 3.08. The molecular formula is C21H20FN3O3S. The summed E-state index contributed by atoms with van der Waals surface area (Å²) in [5, 5.41) is 3.46. The molecule has 150 valence electrons. The van der Waals surface area contributed by atoms with E-state index in [2.05, 4.69) is 15.3 Å². The number of aromatic nitrogens is 2. The second kappa shape index (κ2) is 9.38. The van der Waals surface area contributed by atoms with E-state index in [1.54, 1.807) is 43.5 Å². The van der Waals surface area contributed by atoms with Crippen molar-refractivity contribution >= 4 is 23.4 Å². The van der Waals surface area contributed by atoms with Crippen molar-refractivity contribution in [2.45, 2.75) is 11.9 Å². The Balaban J connectivity index is 1.67. The summed E-state index contributed by atoms with van der Waals surface area (Å²) in [6.07, 6.45) is 0. The van der Waals surface area contributed by atoms with Crippen LogP contribution in [0, 0.1) is 12.7 Å². The van der Waals surface area contributed by atoms with Gasteiger partial charge in [-0.2, -0.15) is 0 Å². The summed E-state index contributed by atoms with van der Waals surface area (Å²) in [5.74, 6) is 1.16. The Morgan fingerprint density at radius 3 is 2.59 bits per heavy atom. The van der Waals surface area contributed by atoms with Gasteiger partial charge in [0.15, 0.2) is 17.3 Å². The zero-order chi connectivity index (χ0) is 20.8. The van der Waals surface area contributed by atoms with Crippen molar-refractivity contribution < 1.29 is 18.7 Å². The van der Waals surface area contributed by atoms with Crippen LogP contribution in [0.5, 0.6) is 11.5 Å². The van der Waals surface area contributed by atoms with Crippen LogP contribution < -0.4 is 14.8 Å². The van der Waals surface area contributed by atoms with Gasteiger partial charge in [-0.05, 0) is 37.3 Å². The molecule has 2 aromatic carbocycles. The maximum atomic E-state index is 13.5. The minimum absolute atomic E-state index is 0.160. The molecule has 0 unspecified atom stereocenters. The Labute approximate surface area is 172 Å². The third kappa shape index (κ3) is 5.45. The van der Waals surface area contributed by atoms with E-state index in [1.165, 1.54) is 31.0 Å². The highest BCUT2D eigenvalue weighted by atomic mass is 32.2. The lowest BCUT2D eigenvalue weighted by molar-refractivity contribution is -0.113. The summed E-state index contributed by atoms with van der Waals surface area (Å²) in [5.41, 5.74) is 1.93. The number of anilines is 1. The van der Waals surface area contributed by atoms with Crippen LogP contribution in [-0.4, -0.2) is 35.8 Å². The average molecular weight is 413 g/mol. The van der Waals surface area contributed by atoms with Crippen molar-refractivity contribution in [1.82, 2.24) is 9.97 Å². The second-order valence-electron chi connectivity index (χ2n) is 6.09. The fourth-order valence-electron chi connectivity index (χ4n) is 2.62. The molecule has 3 aromatic rings. The van der Waals surface area contributed by atoms with Gasteiger partial charge in [-0.15, -0.1) is 0 Å². The molecule has 0 radical (unpaired) electrons. The van der Waals surface area contributed by atoms with Crippen LogP contribution in [0.3, 0.4) is 0 Å². The van der Waals surface area contributed by atoms with E-state index in [1.807, 2.05) is 6.92 Å². The molecule has 1 heterocycles. The lowest BCUT2D eigenvalue weighted by atomic mass is 10.2. The first-order valence-electron chi connectivity index (χ1n) is 8.75. The number of amides is 1. The number of carbonyl (C=O) groups excluding carboxylic acids is 1. The van der Waals surface area contributed by atoms with E-state index in [9.17, 15) is 9.18 Å². The Morgan fingerprint density at radius 1 is 1.07 bits per heavy atom. The minimum atomic E-state index is -0.351. The molecule has 1 N–H and O–H groups in total. The van der Waals surface area contributed by atoms with Crippen molar-refractivity contribution in [3.63, 3.8) is 0 Å². The molecule has 6 nitrogen and oxygen atoms in total. The largest absolute Gasteiger partial charge is 0.493 e. The average Bonchev–Trinajstić information content (AvgIpc) is 2.71. The molecule has 0 aliphatic rings. The predicted octanol–water partition coefficient (Wildman–Crippen LogP) is 4.34. The number of carbonyl (C=O) groups is 1. The maximum Gasteiger partial charge on any atom is 0.234 e. The lowest BCUT2D eigenvalue weighted by Crippen LogP contribution is -2.14. The number of methoxy groups -OCH3 is 2. The van der Waals surface area contributed by atoms with Crippen LogP contribution in [0.2, 0.25) is 0 Å². The van der Waals surface area contributed by atoms with Crippen LogP contribution in [0.25, 0.3) is 11.4 Å². The molecule has 0 aliphatic heterocycles. The van der Waals surface area contributed by atoms with Gasteiger partial charge in [-0.1, -0.05) is 23.9 Å². The quantitative estimate of drug-likeness (QED) is 0.459. The molecule has 0 saturated carbocycles. The third-order valence-corrected chi connectivity index (χ3v) is 4.84. The highest BCUT2D eigenvalue weighted by molar-refractivity contribution is 7.99. The first kappa shape index (κ1) is 20.6. The topological polar surface area (TPSA) is 73.3 Å². The molecule has 1 aromatic heterocycles. The molecule has 0 saturated heterocycles. The fourth-order valence-corrected chi connectivity index (χ4v) is 3.38. The molecule has 8 heteroatoms. The van der Waals surface area contributed by atoms with Crippen molar-refractivity contribution in [1.29, 1.82) is 0 Å². The molecule has 0 fully saturated rings. The number of aryl methyl sites for hydroxylation is 1. The third-order valence-electron chi connectivity index (χ3n) is 3.93. The Kier molecular flexibility index (Phi) is 6.66. The van der Waals surface area contributed by atoms with E-state index in [-0.39, 0.29) is 17.5 Å². The van der Waals surface area contributed by atoms with E-state index in [4.69, 9.17) is 9.47 Å². The van der Waals surface area contributed by atoms with Gasteiger partial charge in [0.25, 0.3) is 0 Å². The first-order chi connectivity index (χ1) is 14.0. The van der Waals surface area contributed by atoms with Crippen LogP contribution in [-0.2, 0) is 4.79 Å². The molecule has 0 bridgehead atoms. The van der Waals surface area contributed by atoms with Crippen molar-refractivity contribution in [2.24, 2.45) is 0 Å². The number of rotatable bonds is 7. The number of nitrogens with one attached hydrogen (secondary N) is 1. The summed E-state index contributed by atoms with van der Waals surface area (Å²) in [6, 6.07) is 13.0. The standard InChI is InChI=1S/C21H20FN3O3S/c1-13-9-20(25-21(23-13)14-5-4-6-15(22)10-14)29-12-19(26)24-16-7-8-17(27-2)18(11-16)28-3/h4-11H,12H2,1-3H3,(H,24,26). The number of nitrogens with zero attached hydrogens (tertiary/aromatic N) is 2. The van der Waals surface area contributed by atoms with Crippen molar-refractivity contribution in [2.75, 3.05) is 25.3 Å². The number of thioether (sulfide) groups is 1. The van der Waals surface area contributed by atoms with E-state index in [0.29, 0.717) is 33.6 Å². The number of hydrogen-bond acceptors (Lipinski definition) is 6. The summed E-state index contributed by atoms with van der Waals surface area (Å²) in [4.78, 5) is 21.1. The Bertz CT molecular complexity index is 1030. The highest BCUT2D eigenvalue weighted by Gasteiger charge is 2.11. The van der Waals surface area contributed by atoms with Gasteiger partial charge in [0.05, 0.1) is 20.0 Å². The van der Waals surface area contributed by atoms with E-state index >= 15 is 0 Å². The maximum absolute atomic E-state index is 13.5. The van der Waals surface area contributed by atoms with Crippen molar-refractivity contribution in [3.05, 3.63) is 60.0 Å². The molecule has 0 atom stereocenters. The molecule has 0 aliphatic carbocycles. The number of halogens is 1. The normalized spacial score (nSPS) is 10.5. The zero-order valence-corrected chi connectivity index (χ0v) is 17.0. The number of ether oxygens (including phenoxy) is 2. The molecule has 1 amide bonds. The van der Waals surface area contributed by atoms with E-state index < -0.39 is 0 Å². The van der Waals surface area contributed by atoms with Crippen LogP contribution >= 0.6 is 11.8 Å². The van der Waals surface area contributed by atoms with Gasteiger partial charge in [0.1, 0.15) is 10.8 Å². The predicted molar refractivity (Wildman–Crippen MR) is 111 cm³/mol. The molecule has 3 rings (SSSR count). The van der Waals surface area contributed by atoms with Gasteiger partial charge >= 0.3 is 0 Å². The van der Waals surface area contributed by atoms with E-state index in [0.717, 1.165) is 5.69 Å². The van der Waals surface area contributed by atoms with Gasteiger partial charge in [0, 0.05) is 23.0 Å². The number of hydrogen-bond donors (Lipinski definition) is 1. The smallest absolute Gasteiger partial charge is 0.234 e. The lowest BCUT2D eigenvalue weighted by Gasteiger charge is -2.10. The van der Waals surface area contributed by atoms with Crippen LogP contribution in [0.4, 0.5) is 10.1 Å². The Morgan fingerprint density at radius 2 is 1.86 bits per heavy atom. The fraction of sp³-hybridized carbons (Fsp3) is 0.190. The Hall–Kier alpha value is -3.13. The van der Waals surface area contributed by atoms with Gasteiger partial charge < -0.3 is 14.8 Å². The van der Waals surface area contributed by atoms with Crippen LogP contribution in [0.1, 0.15) is 5.69 Å². The van der Waals surface area contributed by atoms with Gasteiger partial charge in [0.2, 0.25) is 5.91 Å². The van der Waals surface area contributed by atoms with Crippen molar-refractivity contribution in [3.8, 4) is 22.9 Å². The van der Waals surface area contributed by atoms with Crippen LogP contribution in [0.15, 0.2) is 53.6 Å². The SMILES string of the molecule is COc1ccc(NC(=O)CSc2cc(C)nc(-c3cccc(F)c3)n2)cc1OC. The minimum Gasteiger partial charge on any atom is -0.493 e. The zero-order valence-electron chi connectivity index (χ0n) is 16.2. The summed E-state index contributed by atoms with van der Waals surface area (Å²) < 4.78 is 23.9. The van der Waals surface area contributed by atoms with Gasteiger partial charge in [-0.25, -0.2) is 14.4 Å². The molecule has 0 spiro atoms. The second-order valence-corrected chi connectivity index (χ2v) is 7.08. The highest BCUT2D eigenvalue weighted by Crippen LogP contribution is 2.30.